The van der Waals surface area contributed by atoms with Crippen molar-refractivity contribution < 1.29 is 19.1 Å². The second-order valence-corrected chi connectivity index (χ2v) is 8.90. The predicted octanol–water partition coefficient (Wildman–Crippen LogP) is 4.12. The Morgan fingerprint density at radius 3 is 2.61 bits per heavy atom. The van der Waals surface area contributed by atoms with E-state index in [2.05, 4.69) is 15.5 Å². The topological polar surface area (TPSA) is 96.5 Å². The van der Waals surface area contributed by atoms with Crippen LogP contribution in [0, 0.1) is 13.8 Å². The van der Waals surface area contributed by atoms with Gasteiger partial charge in [-0.15, -0.1) is 0 Å². The number of hydrogen-bond donors (Lipinski definition) is 2. The molecule has 0 fully saturated rings. The van der Waals surface area contributed by atoms with Crippen molar-refractivity contribution in [1.82, 2.24) is 15.1 Å². The van der Waals surface area contributed by atoms with Gasteiger partial charge in [-0.3, -0.25) is 9.89 Å². The van der Waals surface area contributed by atoms with Crippen LogP contribution in [0.4, 0.5) is 10.6 Å². The number of carbonyl (C=O) groups is 2. The van der Waals surface area contributed by atoms with Crippen molar-refractivity contribution in [3.05, 3.63) is 40.6 Å². The summed E-state index contributed by atoms with van der Waals surface area (Å²) in [4.78, 5) is 26.3. The first kappa shape index (κ1) is 22.7. The smallest absolute Gasteiger partial charge is 0.410 e. The standard InChI is InChI=1S/C23H32N4O4/c1-15-8-6-9-16(2)20(15)30-13-7-10-19(28)24-21-17-11-12-27(14-18(17)25-26-21)22(29)31-23(3,4)5/h6,8-9H,7,10-14H2,1-5H3,(H2,24,25,26,28). The van der Waals surface area contributed by atoms with E-state index in [9.17, 15) is 9.59 Å². The Morgan fingerprint density at radius 1 is 1.23 bits per heavy atom. The molecule has 0 atom stereocenters. The maximum atomic E-state index is 12.4. The summed E-state index contributed by atoms with van der Waals surface area (Å²) in [6, 6.07) is 6.03. The molecule has 1 aliphatic rings. The largest absolute Gasteiger partial charge is 0.493 e. The Balaban J connectivity index is 1.47. The quantitative estimate of drug-likeness (QED) is 0.675. The summed E-state index contributed by atoms with van der Waals surface area (Å²) in [5.41, 5.74) is 3.42. The van der Waals surface area contributed by atoms with Gasteiger partial charge < -0.3 is 19.7 Å². The lowest BCUT2D eigenvalue weighted by Crippen LogP contribution is -2.39. The van der Waals surface area contributed by atoms with Crippen molar-refractivity contribution in [1.29, 1.82) is 0 Å². The average molecular weight is 429 g/mol. The van der Waals surface area contributed by atoms with Crippen LogP contribution in [0.1, 0.15) is 56.0 Å². The van der Waals surface area contributed by atoms with Crippen LogP contribution in [0.25, 0.3) is 0 Å². The Labute approximate surface area is 183 Å². The molecule has 0 aliphatic carbocycles. The molecular weight excluding hydrogens is 396 g/mol. The van der Waals surface area contributed by atoms with E-state index in [-0.39, 0.29) is 12.0 Å². The second kappa shape index (κ2) is 9.41. The van der Waals surface area contributed by atoms with Crippen LogP contribution >= 0.6 is 0 Å². The fourth-order valence-corrected chi connectivity index (χ4v) is 3.53. The van der Waals surface area contributed by atoms with Gasteiger partial charge in [-0.2, -0.15) is 5.10 Å². The molecule has 2 aromatic rings. The molecule has 2 N–H and O–H groups in total. The number of aromatic amines is 1. The summed E-state index contributed by atoms with van der Waals surface area (Å²) >= 11 is 0. The zero-order chi connectivity index (χ0) is 22.6. The van der Waals surface area contributed by atoms with Crippen molar-refractivity contribution in [2.75, 3.05) is 18.5 Å². The molecule has 31 heavy (non-hydrogen) atoms. The minimum absolute atomic E-state index is 0.103. The Hall–Kier alpha value is -3.03. The summed E-state index contributed by atoms with van der Waals surface area (Å²) in [5.74, 6) is 1.33. The van der Waals surface area contributed by atoms with Gasteiger partial charge >= 0.3 is 6.09 Å². The molecule has 8 heteroatoms. The number of aryl methyl sites for hydroxylation is 2. The molecule has 0 unspecified atom stereocenters. The Bertz CT molecular complexity index is 925. The fourth-order valence-electron chi connectivity index (χ4n) is 3.53. The molecule has 3 rings (SSSR count). The Kier molecular flexibility index (Phi) is 6.87. The fraction of sp³-hybridized carbons (Fsp3) is 0.522. The number of anilines is 1. The van der Waals surface area contributed by atoms with Crippen molar-refractivity contribution in [3.8, 4) is 5.75 Å². The summed E-state index contributed by atoms with van der Waals surface area (Å²) in [7, 11) is 0. The highest BCUT2D eigenvalue weighted by molar-refractivity contribution is 5.90. The van der Waals surface area contributed by atoms with E-state index in [4.69, 9.17) is 9.47 Å². The maximum absolute atomic E-state index is 12.4. The number of benzene rings is 1. The van der Waals surface area contributed by atoms with E-state index in [0.717, 1.165) is 28.1 Å². The number of ether oxygens (including phenoxy) is 2. The SMILES string of the molecule is Cc1cccc(C)c1OCCCC(=O)Nc1n[nH]c2c1CCN(C(=O)OC(C)(C)C)C2. The number of hydrogen-bond acceptors (Lipinski definition) is 5. The van der Waals surface area contributed by atoms with E-state index in [1.54, 1.807) is 4.90 Å². The number of nitrogens with one attached hydrogen (secondary N) is 2. The third kappa shape index (κ3) is 5.99. The molecule has 8 nitrogen and oxygen atoms in total. The molecule has 2 amide bonds. The molecule has 1 aromatic carbocycles. The van der Waals surface area contributed by atoms with Crippen LogP contribution < -0.4 is 10.1 Å². The van der Waals surface area contributed by atoms with Gasteiger partial charge in [0.25, 0.3) is 0 Å². The van der Waals surface area contributed by atoms with Crippen LogP contribution in [-0.2, 0) is 22.5 Å². The maximum Gasteiger partial charge on any atom is 0.410 e. The minimum Gasteiger partial charge on any atom is -0.493 e. The molecular formula is C23H32N4O4. The second-order valence-electron chi connectivity index (χ2n) is 8.90. The summed E-state index contributed by atoms with van der Waals surface area (Å²) in [5, 5.41) is 10.1. The van der Waals surface area contributed by atoms with E-state index < -0.39 is 5.60 Å². The predicted molar refractivity (Wildman–Crippen MR) is 118 cm³/mol. The monoisotopic (exact) mass is 428 g/mol. The van der Waals surface area contributed by atoms with Gasteiger partial charge in [0, 0.05) is 18.5 Å². The van der Waals surface area contributed by atoms with Crippen LogP contribution in [0.3, 0.4) is 0 Å². The number of nitrogens with zero attached hydrogens (tertiary/aromatic N) is 2. The summed E-state index contributed by atoms with van der Waals surface area (Å²) in [6.07, 6.45) is 1.22. The Morgan fingerprint density at radius 2 is 1.94 bits per heavy atom. The van der Waals surface area contributed by atoms with E-state index >= 15 is 0 Å². The highest BCUT2D eigenvalue weighted by atomic mass is 16.6. The number of H-pyrrole nitrogens is 1. The first-order chi connectivity index (χ1) is 14.6. The first-order valence-electron chi connectivity index (χ1n) is 10.7. The lowest BCUT2D eigenvalue weighted by Gasteiger charge is -2.29. The molecule has 0 spiro atoms. The number of fused-ring (bicyclic) bond motifs is 1. The van der Waals surface area contributed by atoms with Gasteiger partial charge in [-0.05, 0) is 58.6 Å². The van der Waals surface area contributed by atoms with Gasteiger partial charge in [0.15, 0.2) is 5.82 Å². The van der Waals surface area contributed by atoms with Crippen molar-refractivity contribution in [3.63, 3.8) is 0 Å². The van der Waals surface area contributed by atoms with Gasteiger partial charge in [0.1, 0.15) is 11.4 Å². The number of aromatic nitrogens is 2. The van der Waals surface area contributed by atoms with Crippen LogP contribution in [-0.4, -0.2) is 45.9 Å². The molecule has 2 heterocycles. The van der Waals surface area contributed by atoms with Gasteiger partial charge in [-0.25, -0.2) is 4.79 Å². The van der Waals surface area contributed by atoms with Crippen molar-refractivity contribution in [2.24, 2.45) is 0 Å². The molecule has 1 aliphatic heterocycles. The zero-order valence-corrected chi connectivity index (χ0v) is 19.0. The average Bonchev–Trinajstić information content (AvgIpc) is 3.07. The lowest BCUT2D eigenvalue weighted by atomic mass is 10.1. The number of carbonyl (C=O) groups excluding carboxylic acids is 2. The van der Waals surface area contributed by atoms with Crippen LogP contribution in [0.15, 0.2) is 18.2 Å². The molecule has 168 valence electrons. The van der Waals surface area contributed by atoms with Crippen LogP contribution in [0.5, 0.6) is 5.75 Å². The molecule has 0 bridgehead atoms. The third-order valence-electron chi connectivity index (χ3n) is 5.05. The zero-order valence-electron chi connectivity index (χ0n) is 19.0. The van der Waals surface area contributed by atoms with E-state index in [0.29, 0.717) is 44.8 Å². The normalized spacial score (nSPS) is 13.5. The van der Waals surface area contributed by atoms with Gasteiger partial charge in [-0.1, -0.05) is 18.2 Å². The molecule has 0 saturated heterocycles. The van der Waals surface area contributed by atoms with Gasteiger partial charge in [0.2, 0.25) is 5.91 Å². The lowest BCUT2D eigenvalue weighted by molar-refractivity contribution is -0.116. The summed E-state index contributed by atoms with van der Waals surface area (Å²) in [6.45, 7) is 10.9. The number of rotatable bonds is 6. The summed E-state index contributed by atoms with van der Waals surface area (Å²) < 4.78 is 11.3. The van der Waals surface area contributed by atoms with Crippen molar-refractivity contribution >= 4 is 17.8 Å². The highest BCUT2D eigenvalue weighted by Crippen LogP contribution is 2.25. The number of para-hydroxylation sites is 1. The van der Waals surface area contributed by atoms with Gasteiger partial charge in [0.05, 0.1) is 18.8 Å². The first-order valence-corrected chi connectivity index (χ1v) is 10.7. The molecule has 0 radical (unpaired) electrons. The molecule has 1 aromatic heterocycles. The van der Waals surface area contributed by atoms with E-state index in [1.165, 1.54) is 0 Å². The minimum atomic E-state index is -0.536. The third-order valence-corrected chi connectivity index (χ3v) is 5.05. The molecule has 0 saturated carbocycles. The highest BCUT2D eigenvalue weighted by Gasteiger charge is 2.28. The van der Waals surface area contributed by atoms with Crippen molar-refractivity contribution in [2.45, 2.75) is 66.0 Å². The number of amides is 2. The van der Waals surface area contributed by atoms with Crippen LogP contribution in [0.2, 0.25) is 0 Å². The van der Waals surface area contributed by atoms with E-state index in [1.807, 2.05) is 52.8 Å².